The molecule has 3 aromatic carbocycles. The normalized spacial score (nSPS) is 23.8. The lowest BCUT2D eigenvalue weighted by Gasteiger charge is -2.36. The summed E-state index contributed by atoms with van der Waals surface area (Å²) in [5.74, 6) is -0.688. The van der Waals surface area contributed by atoms with Crippen LogP contribution < -0.4 is 25.2 Å². The first-order valence-electron chi connectivity index (χ1n) is 30.6. The van der Waals surface area contributed by atoms with Gasteiger partial charge in [0.15, 0.2) is 17.4 Å². The third kappa shape index (κ3) is 10.9. The number of aromatic hydroxyl groups is 1. The van der Waals surface area contributed by atoms with E-state index in [4.69, 9.17) is 28.9 Å². The second kappa shape index (κ2) is 23.6. The number of pyridine rings is 1. The average Bonchev–Trinajstić information content (AvgIpc) is 1.63. The summed E-state index contributed by atoms with van der Waals surface area (Å²) in [6, 6.07) is 18.4. The van der Waals surface area contributed by atoms with E-state index in [1.165, 1.54) is 4.90 Å². The third-order valence-electron chi connectivity index (χ3n) is 19.0. The molecule has 3 amide bonds. The first-order valence-corrected chi connectivity index (χ1v) is 31.4. The van der Waals surface area contributed by atoms with Crippen molar-refractivity contribution in [2.75, 3.05) is 75.4 Å². The fraction of sp³-hybridized carbons (Fsp3) is 0.500. The minimum absolute atomic E-state index is 0.0169. The van der Waals surface area contributed by atoms with E-state index in [0.29, 0.717) is 86.1 Å². The minimum atomic E-state index is -0.865. The summed E-state index contributed by atoms with van der Waals surface area (Å²) in [4.78, 5) is 72.0. The second-order valence-electron chi connectivity index (χ2n) is 24.8. The van der Waals surface area contributed by atoms with Gasteiger partial charge in [-0.1, -0.05) is 68.4 Å². The molecule has 6 aliphatic heterocycles. The molecule has 22 heteroatoms. The van der Waals surface area contributed by atoms with Gasteiger partial charge in [0.2, 0.25) is 11.8 Å². The Hall–Kier alpha value is -7.53. The number of hydrogen-bond donors (Lipinski definition) is 4. The van der Waals surface area contributed by atoms with Crippen LogP contribution in [0.25, 0.3) is 43.4 Å². The van der Waals surface area contributed by atoms with Gasteiger partial charge in [-0.15, -0.1) is 11.3 Å². The van der Waals surface area contributed by atoms with Crippen molar-refractivity contribution in [1.82, 2.24) is 50.4 Å². The molecule has 7 aromatic rings. The van der Waals surface area contributed by atoms with Gasteiger partial charge in [-0.3, -0.25) is 19.5 Å². The molecular formula is C64H75FN12O8S. The summed E-state index contributed by atoms with van der Waals surface area (Å²) in [7, 11) is 0. The standard InChI is InChI=1S/C64H75FN12O8S/c1-6-39-9-7-10-42-25-46(78)26-48(54(39)42)56-55(65)57-49(29-66-56)59(75-30-43-15-16-44(31-75)69-43)71-62(70-57)84-34-64-18-8-20-77(64)45(17-19-64)33-83-63(82)74-23-21-73(22-24-74)52-28-51(85-72-52)53(36(2)3)61(81)76-32-47(79)27-50(76)60(80)68-37(4)40-11-13-41(14-12-40)58-38(5)67-35-86-58/h7,9-14,25-26,28-29,35-37,43-45,47,50,53,69,78-79H,6,8,15-24,27,30-34H2,1-5H3,(H,68,80)/t37-,43?,44?,45?,47+,50-,53+,64-/m0/s1. The van der Waals surface area contributed by atoms with E-state index in [2.05, 4.69) is 37.5 Å². The monoisotopic (exact) mass is 1190 g/mol. The van der Waals surface area contributed by atoms with E-state index < -0.39 is 23.9 Å². The highest BCUT2D eigenvalue weighted by atomic mass is 32.1. The Labute approximate surface area is 503 Å². The average molecular weight is 1190 g/mol. The summed E-state index contributed by atoms with van der Waals surface area (Å²) in [5.41, 5.74) is 6.16. The summed E-state index contributed by atoms with van der Waals surface area (Å²) >= 11 is 1.58. The fourth-order valence-corrected chi connectivity index (χ4v) is 15.3. The van der Waals surface area contributed by atoms with Gasteiger partial charge in [0.25, 0.3) is 0 Å². The van der Waals surface area contributed by atoms with E-state index in [0.717, 1.165) is 83.1 Å². The number of nitrogens with zero attached hydrogens (tertiary/aromatic N) is 10. The molecule has 8 atom stereocenters. The third-order valence-corrected chi connectivity index (χ3v) is 20.0. The number of ether oxygens (including phenoxy) is 2. The molecule has 6 fully saturated rings. The summed E-state index contributed by atoms with van der Waals surface area (Å²) in [5, 5.41) is 35.0. The van der Waals surface area contributed by atoms with Crippen molar-refractivity contribution in [3.63, 3.8) is 0 Å². The van der Waals surface area contributed by atoms with Crippen LogP contribution in [-0.4, -0.2) is 169 Å². The lowest BCUT2D eigenvalue weighted by molar-refractivity contribution is -0.141. The van der Waals surface area contributed by atoms with Crippen LogP contribution in [0.15, 0.2) is 76.9 Å². The number of phenols is 1. The number of β-amino-alcohol motifs (C(OH)–C–C–N with tert-alkyl or cyclic N) is 1. The summed E-state index contributed by atoms with van der Waals surface area (Å²) in [6.45, 7) is 14.3. The second-order valence-corrected chi connectivity index (χ2v) is 25.7. The Morgan fingerprint density at radius 3 is 2.48 bits per heavy atom. The Kier molecular flexibility index (Phi) is 15.8. The number of likely N-dealkylation sites (tertiary alicyclic amines) is 1. The highest BCUT2D eigenvalue weighted by Crippen LogP contribution is 2.44. The molecule has 6 saturated heterocycles. The van der Waals surface area contributed by atoms with Gasteiger partial charge in [0, 0.05) is 88.2 Å². The van der Waals surface area contributed by atoms with Crippen molar-refractivity contribution in [3.8, 4) is 33.5 Å². The molecule has 86 heavy (non-hydrogen) atoms. The highest BCUT2D eigenvalue weighted by Gasteiger charge is 2.51. The van der Waals surface area contributed by atoms with Crippen LogP contribution in [0.4, 0.5) is 20.8 Å². The molecular weight excluding hydrogens is 1120 g/mol. The number of amides is 3. The zero-order valence-corrected chi connectivity index (χ0v) is 50.2. The predicted molar refractivity (Wildman–Crippen MR) is 325 cm³/mol. The lowest BCUT2D eigenvalue weighted by Crippen LogP contribution is -2.51. The van der Waals surface area contributed by atoms with Crippen molar-refractivity contribution in [2.24, 2.45) is 5.92 Å². The SMILES string of the molecule is CCc1cccc2cc(O)cc(-c3ncc4c(N5CC6CCC(C5)N6)nc(OC[C@@]56CCCN5C(COC(=O)N5CCN(c7cc([C@H](C(=O)N8C[C@H](O)C[C@H]8C(=O)N[C@@H](C)c8ccc(-c9scnc9C)cc8)C(C)C)on7)CC5)CC6)nc4c3F)c12. The molecule has 4 N–H and O–H groups in total. The van der Waals surface area contributed by atoms with Gasteiger partial charge in [-0.25, -0.2) is 14.2 Å². The maximum Gasteiger partial charge on any atom is 0.409 e. The smallest absolute Gasteiger partial charge is 0.409 e. The van der Waals surface area contributed by atoms with E-state index >= 15 is 4.39 Å². The van der Waals surface area contributed by atoms with Gasteiger partial charge in [0.05, 0.1) is 39.2 Å². The molecule has 0 radical (unpaired) electrons. The quantitative estimate of drug-likeness (QED) is 0.0711. The lowest BCUT2D eigenvalue weighted by atomic mass is 9.91. The van der Waals surface area contributed by atoms with Crippen LogP contribution in [0.2, 0.25) is 0 Å². The first-order chi connectivity index (χ1) is 41.6. The molecule has 6 aliphatic rings. The number of carbonyl (C=O) groups is 3. The number of carbonyl (C=O) groups excluding carboxylic acids is 3. The van der Waals surface area contributed by atoms with Gasteiger partial charge >= 0.3 is 12.1 Å². The van der Waals surface area contributed by atoms with Gasteiger partial charge in [-0.05, 0) is 111 Å². The highest BCUT2D eigenvalue weighted by molar-refractivity contribution is 7.13. The largest absolute Gasteiger partial charge is 0.508 e. The molecule has 2 bridgehead atoms. The summed E-state index contributed by atoms with van der Waals surface area (Å²) < 4.78 is 36.0. The number of nitrogens with one attached hydrogen (secondary N) is 2. The number of thiazole rings is 1. The number of hydrogen-bond acceptors (Lipinski definition) is 18. The van der Waals surface area contributed by atoms with Crippen LogP contribution in [0.3, 0.4) is 0 Å². The number of halogens is 1. The molecule has 4 aromatic heterocycles. The van der Waals surface area contributed by atoms with Crippen molar-refractivity contribution in [2.45, 2.75) is 134 Å². The number of aliphatic hydroxyl groups is 1. The number of phenolic OH excluding ortho intramolecular Hbond substituents is 1. The Morgan fingerprint density at radius 2 is 1.73 bits per heavy atom. The molecule has 13 rings (SSSR count). The van der Waals surface area contributed by atoms with Crippen molar-refractivity contribution >= 4 is 62.6 Å². The first kappa shape index (κ1) is 57.5. The van der Waals surface area contributed by atoms with Gasteiger partial charge in [-0.2, -0.15) is 9.97 Å². The Balaban J connectivity index is 0.634. The molecule has 0 aliphatic carbocycles. The van der Waals surface area contributed by atoms with Crippen LogP contribution >= 0.6 is 11.3 Å². The number of aliphatic hydroxyl groups excluding tert-OH is 1. The number of aryl methyl sites for hydroxylation is 2. The van der Waals surface area contributed by atoms with Crippen molar-refractivity contribution in [1.29, 1.82) is 0 Å². The molecule has 3 unspecified atom stereocenters. The van der Waals surface area contributed by atoms with E-state index in [1.807, 2.05) is 80.6 Å². The Morgan fingerprint density at radius 1 is 0.942 bits per heavy atom. The van der Waals surface area contributed by atoms with Gasteiger partial charge < -0.3 is 54.4 Å². The fourth-order valence-electron chi connectivity index (χ4n) is 14.5. The van der Waals surface area contributed by atoms with Crippen LogP contribution in [0, 0.1) is 18.7 Å². The number of benzene rings is 3. The minimum Gasteiger partial charge on any atom is -0.508 e. The predicted octanol–water partition coefficient (Wildman–Crippen LogP) is 8.53. The van der Waals surface area contributed by atoms with Gasteiger partial charge in [0.1, 0.15) is 48.0 Å². The number of piperazine rings is 2. The molecule has 0 saturated carbocycles. The number of rotatable bonds is 16. The zero-order chi connectivity index (χ0) is 59.5. The van der Waals surface area contributed by atoms with Crippen LogP contribution in [0.1, 0.15) is 107 Å². The molecule has 452 valence electrons. The topological polar surface area (TPSA) is 228 Å². The number of aromatic nitrogens is 5. The summed E-state index contributed by atoms with van der Waals surface area (Å²) in [6.07, 6.45) is 6.84. The van der Waals surface area contributed by atoms with E-state index in [1.54, 1.807) is 40.6 Å². The van der Waals surface area contributed by atoms with Crippen LogP contribution in [-0.2, 0) is 20.7 Å². The van der Waals surface area contributed by atoms with E-state index in [9.17, 15) is 24.6 Å². The molecule has 20 nitrogen and oxygen atoms in total. The van der Waals surface area contributed by atoms with E-state index in [-0.39, 0.29) is 90.6 Å². The number of fused-ring (bicyclic) bond motifs is 5. The zero-order valence-electron chi connectivity index (χ0n) is 49.4. The maximum atomic E-state index is 17.4. The molecule has 0 spiro atoms. The van der Waals surface area contributed by atoms with Crippen molar-refractivity contribution in [3.05, 3.63) is 101 Å². The molecule has 10 heterocycles. The maximum absolute atomic E-state index is 17.4. The number of anilines is 2. The van der Waals surface area contributed by atoms with Crippen LogP contribution in [0.5, 0.6) is 11.8 Å². The van der Waals surface area contributed by atoms with Crippen molar-refractivity contribution < 1.29 is 43.0 Å². The Bertz CT molecular complexity index is 3680.